The molecule has 0 saturated carbocycles. The maximum Gasteiger partial charge on any atom is 0.314 e. The van der Waals surface area contributed by atoms with Crippen molar-refractivity contribution < 1.29 is 0 Å². The van der Waals surface area contributed by atoms with E-state index in [-0.39, 0.29) is 0 Å². The number of H-pyrrole nitrogens is 2. The van der Waals surface area contributed by atoms with Crippen molar-refractivity contribution in [1.82, 2.24) is 9.97 Å². The molecule has 0 amide bonds. The summed E-state index contributed by atoms with van der Waals surface area (Å²) in [6, 6.07) is 0. The zero-order valence-corrected chi connectivity index (χ0v) is 9.49. The number of anilines is 1. The first-order chi connectivity index (χ1) is 7.00. The van der Waals surface area contributed by atoms with E-state index in [1.807, 2.05) is 25.9 Å². The minimum absolute atomic E-state index is 0.603. The molecule has 5 nitrogen and oxygen atoms in total. The molecular formula is C9H11N3O2S. The third-order valence-electron chi connectivity index (χ3n) is 2.20. The predicted octanol–water partition coefficient (Wildman–Crippen LogP) is 0.652. The van der Waals surface area contributed by atoms with E-state index in [0.29, 0.717) is 10.3 Å². The molecule has 0 fully saturated rings. The summed E-state index contributed by atoms with van der Waals surface area (Å²) >= 11 is 1.46. The largest absolute Gasteiger partial charge is 0.369 e. The van der Waals surface area contributed by atoms with Crippen molar-refractivity contribution in [2.45, 2.75) is 6.92 Å². The van der Waals surface area contributed by atoms with Gasteiger partial charge in [0.25, 0.3) is 0 Å². The van der Waals surface area contributed by atoms with Crippen molar-refractivity contribution in [3.8, 4) is 0 Å². The molecule has 0 radical (unpaired) electrons. The Kier molecular flexibility index (Phi) is 2.15. The van der Waals surface area contributed by atoms with Crippen LogP contribution >= 0.6 is 11.3 Å². The first-order valence-electron chi connectivity index (χ1n) is 4.43. The second-order valence-corrected chi connectivity index (χ2v) is 4.54. The Morgan fingerprint density at radius 2 is 1.73 bits per heavy atom. The van der Waals surface area contributed by atoms with E-state index >= 15 is 0 Å². The number of rotatable bonds is 1. The summed E-state index contributed by atoms with van der Waals surface area (Å²) in [4.78, 5) is 30.1. The third-order valence-corrected chi connectivity index (χ3v) is 3.57. The molecular weight excluding hydrogens is 214 g/mol. The van der Waals surface area contributed by atoms with Gasteiger partial charge in [-0.1, -0.05) is 11.3 Å². The van der Waals surface area contributed by atoms with E-state index in [1.54, 1.807) is 0 Å². The number of hydrogen-bond acceptors (Lipinski definition) is 4. The van der Waals surface area contributed by atoms with Crippen LogP contribution in [-0.4, -0.2) is 24.1 Å². The summed E-state index contributed by atoms with van der Waals surface area (Å²) in [5.74, 6) is 0. The van der Waals surface area contributed by atoms with Crippen LogP contribution in [0.5, 0.6) is 0 Å². The molecule has 0 spiro atoms. The standard InChI is InChI=1S/C9H11N3O2S/c1-4-5-8(15-9(4)12(2)3)11-7(14)6(13)10-5/h1-3H3,(H,10,13)(H,11,14). The zero-order chi connectivity index (χ0) is 11.2. The Morgan fingerprint density at radius 3 is 2.33 bits per heavy atom. The van der Waals surface area contributed by atoms with E-state index in [0.717, 1.165) is 10.6 Å². The minimum Gasteiger partial charge on any atom is -0.369 e. The molecule has 2 aromatic rings. The first-order valence-corrected chi connectivity index (χ1v) is 5.25. The van der Waals surface area contributed by atoms with Crippen LogP contribution in [0.2, 0.25) is 0 Å². The highest BCUT2D eigenvalue weighted by Crippen LogP contribution is 2.32. The highest BCUT2D eigenvalue weighted by atomic mass is 32.1. The monoisotopic (exact) mass is 225 g/mol. The van der Waals surface area contributed by atoms with Crippen molar-refractivity contribution >= 4 is 26.7 Å². The van der Waals surface area contributed by atoms with Gasteiger partial charge in [-0.2, -0.15) is 0 Å². The van der Waals surface area contributed by atoms with Crippen molar-refractivity contribution in [3.05, 3.63) is 26.3 Å². The van der Waals surface area contributed by atoms with Gasteiger partial charge in [0.05, 0.1) is 10.5 Å². The van der Waals surface area contributed by atoms with E-state index in [2.05, 4.69) is 9.97 Å². The summed E-state index contributed by atoms with van der Waals surface area (Å²) < 4.78 is 0. The SMILES string of the molecule is Cc1c(N(C)C)sc2[nH]c(=O)c(=O)[nH]c12. The number of aromatic nitrogens is 2. The molecule has 80 valence electrons. The summed E-state index contributed by atoms with van der Waals surface area (Å²) in [5, 5.41) is 1.03. The fourth-order valence-corrected chi connectivity index (χ4v) is 2.58. The van der Waals surface area contributed by atoms with Gasteiger partial charge >= 0.3 is 11.1 Å². The van der Waals surface area contributed by atoms with Gasteiger partial charge in [-0.15, -0.1) is 0 Å². The summed E-state index contributed by atoms with van der Waals surface area (Å²) in [6.45, 7) is 1.92. The molecule has 2 rings (SSSR count). The predicted molar refractivity (Wildman–Crippen MR) is 62.1 cm³/mol. The smallest absolute Gasteiger partial charge is 0.314 e. The molecule has 2 N–H and O–H groups in total. The van der Waals surface area contributed by atoms with Crippen molar-refractivity contribution in [3.63, 3.8) is 0 Å². The quantitative estimate of drug-likeness (QED) is 0.700. The Morgan fingerprint density at radius 1 is 1.13 bits per heavy atom. The molecule has 15 heavy (non-hydrogen) atoms. The lowest BCUT2D eigenvalue weighted by Crippen LogP contribution is -2.28. The van der Waals surface area contributed by atoms with Gasteiger partial charge in [0.1, 0.15) is 4.83 Å². The van der Waals surface area contributed by atoms with Gasteiger partial charge in [0, 0.05) is 19.7 Å². The van der Waals surface area contributed by atoms with Crippen LogP contribution in [0.15, 0.2) is 9.59 Å². The first kappa shape index (κ1) is 9.97. The highest BCUT2D eigenvalue weighted by molar-refractivity contribution is 7.22. The lowest BCUT2D eigenvalue weighted by molar-refractivity contribution is 1.13. The minimum atomic E-state index is -0.603. The molecule has 0 atom stereocenters. The lowest BCUT2D eigenvalue weighted by Gasteiger charge is -2.09. The van der Waals surface area contributed by atoms with E-state index in [9.17, 15) is 9.59 Å². The average Bonchev–Trinajstić information content (AvgIpc) is 2.46. The van der Waals surface area contributed by atoms with Crippen LogP contribution in [0, 0.1) is 6.92 Å². The van der Waals surface area contributed by atoms with Crippen LogP contribution in [0.3, 0.4) is 0 Å². The van der Waals surface area contributed by atoms with Crippen molar-refractivity contribution in [2.75, 3.05) is 19.0 Å². The van der Waals surface area contributed by atoms with Gasteiger partial charge in [0.2, 0.25) is 0 Å². The van der Waals surface area contributed by atoms with Gasteiger partial charge < -0.3 is 14.9 Å². The van der Waals surface area contributed by atoms with Crippen molar-refractivity contribution in [1.29, 1.82) is 0 Å². The molecule has 0 aliphatic heterocycles. The second-order valence-electron chi connectivity index (χ2n) is 3.54. The van der Waals surface area contributed by atoms with Crippen LogP contribution < -0.4 is 16.0 Å². The molecule has 0 aromatic carbocycles. The zero-order valence-electron chi connectivity index (χ0n) is 8.67. The van der Waals surface area contributed by atoms with Crippen LogP contribution in [-0.2, 0) is 0 Å². The maximum atomic E-state index is 11.2. The molecule has 0 aliphatic carbocycles. The van der Waals surface area contributed by atoms with Gasteiger partial charge in [-0.25, -0.2) is 0 Å². The number of thiophene rings is 1. The lowest BCUT2D eigenvalue weighted by atomic mass is 10.3. The Balaban J connectivity index is 2.89. The molecule has 0 saturated heterocycles. The van der Waals surface area contributed by atoms with Crippen LogP contribution in [0.25, 0.3) is 10.3 Å². The number of aryl methyl sites for hydroxylation is 1. The third kappa shape index (κ3) is 1.46. The molecule has 6 heteroatoms. The van der Waals surface area contributed by atoms with E-state index in [4.69, 9.17) is 0 Å². The normalized spacial score (nSPS) is 10.9. The Labute approximate surface area is 89.4 Å². The molecule has 2 heterocycles. The fraction of sp³-hybridized carbons (Fsp3) is 0.333. The second kappa shape index (κ2) is 3.23. The van der Waals surface area contributed by atoms with Crippen molar-refractivity contribution in [2.24, 2.45) is 0 Å². The molecule has 0 unspecified atom stereocenters. The summed E-state index contributed by atoms with van der Waals surface area (Å²) in [7, 11) is 3.85. The van der Waals surface area contributed by atoms with E-state index in [1.165, 1.54) is 11.3 Å². The fourth-order valence-electron chi connectivity index (χ4n) is 1.50. The number of hydrogen-bond donors (Lipinski definition) is 2. The molecule has 0 bridgehead atoms. The number of nitrogens with zero attached hydrogens (tertiary/aromatic N) is 1. The highest BCUT2D eigenvalue weighted by Gasteiger charge is 2.11. The number of fused-ring (bicyclic) bond motifs is 1. The average molecular weight is 225 g/mol. The topological polar surface area (TPSA) is 69.0 Å². The van der Waals surface area contributed by atoms with Crippen LogP contribution in [0.4, 0.5) is 5.00 Å². The van der Waals surface area contributed by atoms with Gasteiger partial charge in [-0.3, -0.25) is 9.59 Å². The summed E-state index contributed by atoms with van der Waals surface area (Å²) in [5.41, 5.74) is 0.490. The number of aromatic amines is 2. The molecule has 0 aliphatic rings. The van der Waals surface area contributed by atoms with E-state index < -0.39 is 11.1 Å². The Hall–Kier alpha value is -1.56. The summed E-state index contributed by atoms with van der Waals surface area (Å²) in [6.07, 6.45) is 0. The maximum absolute atomic E-state index is 11.2. The van der Waals surface area contributed by atoms with Gasteiger partial charge in [0.15, 0.2) is 0 Å². The molecule has 2 aromatic heterocycles. The number of nitrogens with one attached hydrogen (secondary N) is 2. The van der Waals surface area contributed by atoms with Gasteiger partial charge in [-0.05, 0) is 6.92 Å². The van der Waals surface area contributed by atoms with Crippen LogP contribution in [0.1, 0.15) is 5.56 Å². The Bertz CT molecular complexity index is 620.